The minimum Gasteiger partial charge on any atom is -0.461 e. The fourth-order valence-electron chi connectivity index (χ4n) is 1.99. The zero-order valence-corrected chi connectivity index (χ0v) is 13.5. The van der Waals surface area contributed by atoms with E-state index in [2.05, 4.69) is 18.8 Å². The summed E-state index contributed by atoms with van der Waals surface area (Å²) in [5, 5.41) is 1.95. The molecule has 1 aromatic rings. The van der Waals surface area contributed by atoms with E-state index in [1.807, 2.05) is 19.0 Å². The molecule has 5 nitrogen and oxygen atoms in total. The molecule has 1 atom stereocenters. The summed E-state index contributed by atoms with van der Waals surface area (Å²) in [6, 6.07) is 0.164. The Morgan fingerprint density at radius 2 is 2.05 bits per heavy atom. The van der Waals surface area contributed by atoms with Crippen molar-refractivity contribution in [3.63, 3.8) is 0 Å². The number of ketones is 1. The molecule has 0 unspecified atom stereocenters. The van der Waals surface area contributed by atoms with Gasteiger partial charge in [0.2, 0.25) is 0 Å². The minimum atomic E-state index is -0.476. The molecule has 0 amide bonds. The van der Waals surface area contributed by atoms with Crippen LogP contribution in [0.3, 0.4) is 0 Å². The van der Waals surface area contributed by atoms with E-state index < -0.39 is 5.97 Å². The molecule has 0 bridgehead atoms. The summed E-state index contributed by atoms with van der Waals surface area (Å²) in [7, 11) is 3.92. The number of rotatable bonds is 7. The van der Waals surface area contributed by atoms with E-state index in [0.717, 1.165) is 0 Å². The predicted octanol–water partition coefficient (Wildman–Crippen LogP) is 2.48. The van der Waals surface area contributed by atoms with Gasteiger partial charge in [-0.1, -0.05) is 13.8 Å². The fourth-order valence-corrected chi connectivity index (χ4v) is 2.73. The van der Waals surface area contributed by atoms with Crippen molar-refractivity contribution in [2.24, 2.45) is 5.92 Å². The quantitative estimate of drug-likeness (QED) is 0.572. The molecule has 0 aliphatic heterocycles. The number of Topliss-reactive ketones (excluding diaryl/α,β-unsaturated/α-hetero) is 1. The molecule has 0 aromatic carbocycles. The first-order valence-corrected chi connectivity index (χ1v) is 7.57. The lowest BCUT2D eigenvalue weighted by Gasteiger charge is -2.26. The van der Waals surface area contributed by atoms with Gasteiger partial charge in [-0.05, 0) is 26.9 Å². The summed E-state index contributed by atoms with van der Waals surface area (Å²) >= 11 is 1.20. The van der Waals surface area contributed by atoms with Crippen LogP contribution in [0.5, 0.6) is 0 Å². The third kappa shape index (κ3) is 4.38. The number of hydrogen-bond donors (Lipinski definition) is 0. The Kier molecular flexibility index (Phi) is 6.29. The maximum Gasteiger partial charge on any atom is 0.357 e. The lowest BCUT2D eigenvalue weighted by Crippen LogP contribution is -2.34. The molecule has 20 heavy (non-hydrogen) atoms. The summed E-state index contributed by atoms with van der Waals surface area (Å²) in [4.78, 5) is 29.9. The van der Waals surface area contributed by atoms with Crippen molar-refractivity contribution >= 4 is 23.1 Å². The Morgan fingerprint density at radius 3 is 2.55 bits per heavy atom. The summed E-state index contributed by atoms with van der Waals surface area (Å²) in [5.41, 5.74) is 0.214. The molecule has 1 heterocycles. The summed E-state index contributed by atoms with van der Waals surface area (Å²) in [6.45, 7) is 6.21. The average Bonchev–Trinajstić information content (AvgIpc) is 2.84. The molecule has 0 fully saturated rings. The highest BCUT2D eigenvalue weighted by molar-refractivity contribution is 7.11. The predicted molar refractivity (Wildman–Crippen MR) is 79.3 cm³/mol. The molecule has 0 aliphatic carbocycles. The Labute approximate surface area is 124 Å². The maximum atomic E-state index is 12.2. The van der Waals surface area contributed by atoms with E-state index in [-0.39, 0.29) is 17.5 Å². The number of aromatic nitrogens is 1. The number of carbonyl (C=O) groups excluding carboxylic acids is 2. The molecule has 0 N–H and O–H groups in total. The molecule has 6 heteroatoms. The second-order valence-electron chi connectivity index (χ2n) is 5.16. The van der Waals surface area contributed by atoms with Crippen molar-refractivity contribution in [3.05, 3.63) is 16.1 Å². The second-order valence-corrected chi connectivity index (χ2v) is 6.02. The number of hydrogen-bond acceptors (Lipinski definition) is 6. The van der Waals surface area contributed by atoms with E-state index in [1.165, 1.54) is 11.3 Å². The van der Waals surface area contributed by atoms with Crippen molar-refractivity contribution < 1.29 is 14.3 Å². The number of esters is 1. The van der Waals surface area contributed by atoms with E-state index in [1.54, 1.807) is 12.3 Å². The lowest BCUT2D eigenvalue weighted by atomic mass is 9.98. The van der Waals surface area contributed by atoms with Gasteiger partial charge in [0.25, 0.3) is 0 Å². The highest BCUT2D eigenvalue weighted by Gasteiger charge is 2.23. The number of thiazole rings is 1. The molecular formula is C14H22N2O3S. The van der Waals surface area contributed by atoms with Crippen LogP contribution in [0.15, 0.2) is 5.38 Å². The van der Waals surface area contributed by atoms with Crippen LogP contribution in [0.2, 0.25) is 0 Å². The van der Waals surface area contributed by atoms with E-state index in [4.69, 9.17) is 4.74 Å². The molecule has 1 aromatic heterocycles. The molecule has 1 rings (SSSR count). The summed E-state index contributed by atoms with van der Waals surface area (Å²) in [5.74, 6) is -0.132. The zero-order valence-electron chi connectivity index (χ0n) is 12.7. The van der Waals surface area contributed by atoms with Crippen LogP contribution < -0.4 is 0 Å². The van der Waals surface area contributed by atoms with Crippen LogP contribution in [0.1, 0.15) is 47.5 Å². The molecule has 0 spiro atoms. The van der Waals surface area contributed by atoms with Crippen LogP contribution in [-0.4, -0.2) is 48.4 Å². The summed E-state index contributed by atoms with van der Waals surface area (Å²) in [6.07, 6.45) is 0.403. The van der Waals surface area contributed by atoms with Gasteiger partial charge >= 0.3 is 5.97 Å². The van der Waals surface area contributed by atoms with E-state index in [9.17, 15) is 9.59 Å². The van der Waals surface area contributed by atoms with E-state index >= 15 is 0 Å². The van der Waals surface area contributed by atoms with Crippen LogP contribution in [0.4, 0.5) is 0 Å². The first-order chi connectivity index (χ1) is 9.36. The first kappa shape index (κ1) is 16.8. The van der Waals surface area contributed by atoms with Gasteiger partial charge in [-0.25, -0.2) is 9.78 Å². The standard InChI is InChI=1S/C14H22N2O3S/c1-6-19-14(18)10-8-20-13(15-10)12(17)7-11(9(2)3)16(4)5/h8-9,11H,6-7H2,1-5H3/t11-/m1/s1. The third-order valence-electron chi connectivity index (χ3n) is 3.05. The largest absolute Gasteiger partial charge is 0.461 e. The molecule has 0 saturated carbocycles. The third-order valence-corrected chi connectivity index (χ3v) is 3.94. The van der Waals surface area contributed by atoms with Crippen LogP contribution >= 0.6 is 11.3 Å². The van der Waals surface area contributed by atoms with Crippen molar-refractivity contribution in [1.82, 2.24) is 9.88 Å². The maximum absolute atomic E-state index is 12.2. The average molecular weight is 298 g/mol. The number of ether oxygens (including phenoxy) is 1. The monoisotopic (exact) mass is 298 g/mol. The van der Waals surface area contributed by atoms with Gasteiger partial charge in [0.15, 0.2) is 16.5 Å². The molecule has 0 radical (unpaired) electrons. The molecule has 0 aliphatic rings. The van der Waals surface area contributed by atoms with Crippen molar-refractivity contribution in [2.45, 2.75) is 33.2 Å². The normalized spacial score (nSPS) is 12.8. The highest BCUT2D eigenvalue weighted by atomic mass is 32.1. The zero-order chi connectivity index (χ0) is 15.3. The van der Waals surface area contributed by atoms with Crippen molar-refractivity contribution in [2.75, 3.05) is 20.7 Å². The Morgan fingerprint density at radius 1 is 1.40 bits per heavy atom. The molecular weight excluding hydrogens is 276 g/mol. The Hall–Kier alpha value is -1.27. The van der Waals surface area contributed by atoms with Crippen LogP contribution in [0, 0.1) is 5.92 Å². The van der Waals surface area contributed by atoms with Gasteiger partial charge in [0, 0.05) is 17.8 Å². The van der Waals surface area contributed by atoms with Crippen LogP contribution in [0.25, 0.3) is 0 Å². The van der Waals surface area contributed by atoms with Crippen molar-refractivity contribution in [3.8, 4) is 0 Å². The van der Waals surface area contributed by atoms with Gasteiger partial charge in [0.05, 0.1) is 6.61 Å². The van der Waals surface area contributed by atoms with Gasteiger partial charge in [-0.15, -0.1) is 11.3 Å². The van der Waals surface area contributed by atoms with Crippen molar-refractivity contribution in [1.29, 1.82) is 0 Å². The van der Waals surface area contributed by atoms with Gasteiger partial charge < -0.3 is 9.64 Å². The minimum absolute atomic E-state index is 0.0297. The smallest absolute Gasteiger partial charge is 0.357 e. The van der Waals surface area contributed by atoms with Gasteiger partial charge in [0.1, 0.15) is 0 Å². The van der Waals surface area contributed by atoms with Crippen LogP contribution in [-0.2, 0) is 4.74 Å². The first-order valence-electron chi connectivity index (χ1n) is 6.69. The summed E-state index contributed by atoms with van der Waals surface area (Å²) < 4.78 is 4.86. The molecule has 0 saturated heterocycles. The van der Waals surface area contributed by atoms with E-state index in [0.29, 0.717) is 24.0 Å². The lowest BCUT2D eigenvalue weighted by molar-refractivity contribution is 0.0520. The van der Waals surface area contributed by atoms with Gasteiger partial charge in [-0.2, -0.15) is 0 Å². The molecule has 112 valence electrons. The highest BCUT2D eigenvalue weighted by Crippen LogP contribution is 2.18. The fraction of sp³-hybridized carbons (Fsp3) is 0.643. The van der Waals surface area contributed by atoms with Gasteiger partial charge in [-0.3, -0.25) is 4.79 Å². The topological polar surface area (TPSA) is 59.5 Å². The Bertz CT molecular complexity index is 461. The Balaban J connectivity index is 2.75. The SMILES string of the molecule is CCOC(=O)c1csc(C(=O)C[C@H](C(C)C)N(C)C)n1. The number of carbonyl (C=O) groups is 2. The number of nitrogens with zero attached hydrogens (tertiary/aromatic N) is 2. The second kappa shape index (κ2) is 7.50.